The first-order valence-corrected chi connectivity index (χ1v) is 5.81. The van der Waals surface area contributed by atoms with Crippen molar-refractivity contribution in [2.75, 3.05) is 19.8 Å². The number of hydrogen-bond donors (Lipinski definition) is 1. The molecule has 0 bridgehead atoms. The monoisotopic (exact) mass is 251 g/mol. The second-order valence-corrected chi connectivity index (χ2v) is 3.59. The summed E-state index contributed by atoms with van der Waals surface area (Å²) in [4.78, 5) is 0. The highest BCUT2D eigenvalue weighted by molar-refractivity contribution is 7.03. The maximum absolute atomic E-state index is 5.24. The number of nitrogens with zero attached hydrogens (tertiary/aromatic N) is 2. The summed E-state index contributed by atoms with van der Waals surface area (Å²) in [5, 5.41) is 9.22. The van der Waals surface area contributed by atoms with E-state index in [0.717, 1.165) is 44.8 Å². The molecule has 1 aromatic rings. The van der Waals surface area contributed by atoms with Crippen molar-refractivity contribution in [3.05, 3.63) is 11.1 Å². The van der Waals surface area contributed by atoms with Gasteiger partial charge in [-0.15, -0.1) is 17.5 Å². The zero-order chi connectivity index (χ0) is 10.1. The fourth-order valence-electron chi connectivity index (χ4n) is 1.08. The Bertz CT molecular complexity index is 221. The van der Waals surface area contributed by atoms with E-state index in [-0.39, 0.29) is 12.4 Å². The van der Waals surface area contributed by atoms with Crippen molar-refractivity contribution in [3.63, 3.8) is 0 Å². The predicted octanol–water partition coefficient (Wildman–Crippen LogP) is 1.87. The molecule has 0 radical (unpaired) electrons. The lowest BCUT2D eigenvalue weighted by Crippen LogP contribution is -2.15. The van der Waals surface area contributed by atoms with Gasteiger partial charge in [0.15, 0.2) is 0 Å². The molecule has 0 unspecified atom stereocenters. The van der Waals surface area contributed by atoms with E-state index in [1.807, 2.05) is 12.3 Å². The molecule has 0 aliphatic rings. The van der Waals surface area contributed by atoms with E-state index in [9.17, 15) is 0 Å². The average Bonchev–Trinajstić information content (AvgIpc) is 2.69. The van der Waals surface area contributed by atoms with Crippen LogP contribution in [-0.2, 0) is 11.3 Å². The standard InChI is InChI=1S/C9H17N3OS.ClH/c1-2-13-6-4-3-5-10-7-9-8-14-12-11-9;/h8,10H,2-7H2,1H3;1H. The van der Waals surface area contributed by atoms with Crippen molar-refractivity contribution in [2.45, 2.75) is 26.3 Å². The minimum absolute atomic E-state index is 0. The average molecular weight is 252 g/mol. The Hall–Kier alpha value is -0.230. The zero-order valence-corrected chi connectivity index (χ0v) is 10.6. The van der Waals surface area contributed by atoms with Gasteiger partial charge in [-0.2, -0.15) is 0 Å². The van der Waals surface area contributed by atoms with Gasteiger partial charge in [0.2, 0.25) is 0 Å². The molecule has 0 atom stereocenters. The fourth-order valence-corrected chi connectivity index (χ4v) is 1.53. The Balaban J connectivity index is 0.00000196. The second-order valence-electron chi connectivity index (χ2n) is 2.98. The molecule has 88 valence electrons. The van der Waals surface area contributed by atoms with Crippen molar-refractivity contribution in [1.82, 2.24) is 14.9 Å². The quantitative estimate of drug-likeness (QED) is 0.717. The lowest BCUT2D eigenvalue weighted by atomic mass is 10.3. The minimum atomic E-state index is 0. The summed E-state index contributed by atoms with van der Waals surface area (Å²) in [6.07, 6.45) is 2.27. The molecule has 0 saturated carbocycles. The zero-order valence-electron chi connectivity index (χ0n) is 8.94. The Morgan fingerprint density at radius 2 is 2.33 bits per heavy atom. The Morgan fingerprint density at radius 1 is 1.47 bits per heavy atom. The van der Waals surface area contributed by atoms with E-state index >= 15 is 0 Å². The van der Waals surface area contributed by atoms with Crippen LogP contribution in [0, 0.1) is 0 Å². The Labute approximate surface area is 101 Å². The van der Waals surface area contributed by atoms with Crippen LogP contribution in [-0.4, -0.2) is 29.3 Å². The van der Waals surface area contributed by atoms with E-state index in [1.165, 1.54) is 11.5 Å². The first-order valence-electron chi connectivity index (χ1n) is 4.98. The number of halogens is 1. The van der Waals surface area contributed by atoms with Gasteiger partial charge in [0, 0.05) is 25.1 Å². The highest BCUT2D eigenvalue weighted by atomic mass is 35.5. The molecule has 15 heavy (non-hydrogen) atoms. The van der Waals surface area contributed by atoms with Crippen LogP contribution in [0.4, 0.5) is 0 Å². The van der Waals surface area contributed by atoms with Gasteiger partial charge in [-0.25, -0.2) is 0 Å². The topological polar surface area (TPSA) is 47.0 Å². The largest absolute Gasteiger partial charge is 0.382 e. The molecule has 1 aromatic heterocycles. The highest BCUT2D eigenvalue weighted by Gasteiger charge is 1.94. The number of aromatic nitrogens is 2. The van der Waals surface area contributed by atoms with Crippen LogP contribution in [0.25, 0.3) is 0 Å². The van der Waals surface area contributed by atoms with Crippen LogP contribution in [0.15, 0.2) is 5.38 Å². The van der Waals surface area contributed by atoms with Crippen molar-refractivity contribution in [1.29, 1.82) is 0 Å². The smallest absolute Gasteiger partial charge is 0.0893 e. The highest BCUT2D eigenvalue weighted by Crippen LogP contribution is 1.96. The summed E-state index contributed by atoms with van der Waals surface area (Å²) in [6, 6.07) is 0. The number of nitrogens with one attached hydrogen (secondary N) is 1. The van der Waals surface area contributed by atoms with Gasteiger partial charge in [-0.1, -0.05) is 4.49 Å². The van der Waals surface area contributed by atoms with Crippen LogP contribution in [0.5, 0.6) is 0 Å². The molecule has 6 heteroatoms. The number of rotatable bonds is 8. The second kappa shape index (κ2) is 10.3. The molecule has 0 aliphatic heterocycles. The SMILES string of the molecule is CCOCCCCNCc1csnn1.Cl. The molecule has 0 spiro atoms. The molecule has 4 nitrogen and oxygen atoms in total. The van der Waals surface area contributed by atoms with Gasteiger partial charge in [0.1, 0.15) is 0 Å². The van der Waals surface area contributed by atoms with Crippen molar-refractivity contribution >= 4 is 23.9 Å². The molecule has 0 saturated heterocycles. The van der Waals surface area contributed by atoms with Crippen molar-refractivity contribution in [2.24, 2.45) is 0 Å². The Kier molecular flexibility index (Phi) is 10.1. The van der Waals surface area contributed by atoms with Gasteiger partial charge < -0.3 is 10.1 Å². The summed E-state index contributed by atoms with van der Waals surface area (Å²) in [5.74, 6) is 0. The van der Waals surface area contributed by atoms with Crippen molar-refractivity contribution in [3.8, 4) is 0 Å². The van der Waals surface area contributed by atoms with Crippen LogP contribution in [0.2, 0.25) is 0 Å². The van der Waals surface area contributed by atoms with Crippen LogP contribution < -0.4 is 5.32 Å². The van der Waals surface area contributed by atoms with Gasteiger partial charge in [0.25, 0.3) is 0 Å². The van der Waals surface area contributed by atoms with E-state index in [0.29, 0.717) is 0 Å². The van der Waals surface area contributed by atoms with Crippen molar-refractivity contribution < 1.29 is 4.74 Å². The predicted molar refractivity (Wildman–Crippen MR) is 64.6 cm³/mol. The molecular formula is C9H18ClN3OS. The van der Waals surface area contributed by atoms with Gasteiger partial charge in [-0.05, 0) is 37.8 Å². The molecular weight excluding hydrogens is 234 g/mol. The summed E-state index contributed by atoms with van der Waals surface area (Å²) >= 11 is 1.39. The fraction of sp³-hybridized carbons (Fsp3) is 0.778. The third-order valence-corrected chi connectivity index (χ3v) is 2.36. The molecule has 0 aromatic carbocycles. The minimum Gasteiger partial charge on any atom is -0.382 e. The van der Waals surface area contributed by atoms with Gasteiger partial charge in [-0.3, -0.25) is 0 Å². The first kappa shape index (κ1) is 14.8. The third kappa shape index (κ3) is 7.67. The molecule has 1 heterocycles. The molecule has 0 fully saturated rings. The van der Waals surface area contributed by atoms with Gasteiger partial charge in [0.05, 0.1) is 5.69 Å². The maximum atomic E-state index is 5.24. The number of ether oxygens (including phenoxy) is 1. The number of hydrogen-bond acceptors (Lipinski definition) is 5. The van der Waals surface area contributed by atoms with E-state index in [1.54, 1.807) is 0 Å². The maximum Gasteiger partial charge on any atom is 0.0893 e. The number of unbranched alkanes of at least 4 members (excludes halogenated alkanes) is 1. The summed E-state index contributed by atoms with van der Waals surface area (Å²) in [6.45, 7) is 5.55. The van der Waals surface area contributed by atoms with E-state index in [4.69, 9.17) is 4.74 Å². The van der Waals surface area contributed by atoms with Crippen LogP contribution >= 0.6 is 23.9 Å². The van der Waals surface area contributed by atoms with Crippen LogP contribution in [0.3, 0.4) is 0 Å². The molecule has 1 rings (SSSR count). The van der Waals surface area contributed by atoms with Crippen LogP contribution in [0.1, 0.15) is 25.5 Å². The summed E-state index contributed by atoms with van der Waals surface area (Å²) in [7, 11) is 0. The lowest BCUT2D eigenvalue weighted by Gasteiger charge is -2.02. The summed E-state index contributed by atoms with van der Waals surface area (Å²) in [5.41, 5.74) is 1.03. The Morgan fingerprint density at radius 3 is 3.00 bits per heavy atom. The van der Waals surface area contributed by atoms with Gasteiger partial charge >= 0.3 is 0 Å². The molecule has 0 amide bonds. The first-order chi connectivity index (χ1) is 6.93. The normalized spacial score (nSPS) is 9.93. The van der Waals surface area contributed by atoms with E-state index < -0.39 is 0 Å². The van der Waals surface area contributed by atoms with E-state index in [2.05, 4.69) is 14.9 Å². The molecule has 1 N–H and O–H groups in total. The molecule has 0 aliphatic carbocycles. The third-order valence-electron chi connectivity index (χ3n) is 1.81. The summed E-state index contributed by atoms with van der Waals surface area (Å²) < 4.78 is 9.03. The lowest BCUT2D eigenvalue weighted by molar-refractivity contribution is 0.143.